The molecule has 1 saturated heterocycles. The van der Waals surface area contributed by atoms with E-state index in [0.29, 0.717) is 6.61 Å². The van der Waals surface area contributed by atoms with Gasteiger partial charge in [0.1, 0.15) is 24.4 Å². The molecule has 0 aromatic rings. The van der Waals surface area contributed by atoms with Crippen LogP contribution in [0.15, 0.2) is 12.2 Å². The summed E-state index contributed by atoms with van der Waals surface area (Å²) in [6.45, 7) is 2.57. The van der Waals surface area contributed by atoms with Crippen molar-refractivity contribution < 1.29 is 24.8 Å². The second-order valence-electron chi connectivity index (χ2n) is 7.68. The third kappa shape index (κ3) is 11.2. The molecule has 1 aliphatic heterocycles. The van der Waals surface area contributed by atoms with Crippen LogP contribution in [0.1, 0.15) is 84.0 Å². The molecule has 0 aromatic heterocycles. The lowest BCUT2D eigenvalue weighted by atomic mass is 10.1. The van der Waals surface area contributed by atoms with E-state index in [9.17, 15) is 10.2 Å². The lowest BCUT2D eigenvalue weighted by Gasteiger charge is -2.23. The van der Waals surface area contributed by atoms with Crippen molar-refractivity contribution in [3.63, 3.8) is 0 Å². The van der Waals surface area contributed by atoms with Crippen LogP contribution >= 0.6 is 0 Å². The molecule has 0 aliphatic carbocycles. The van der Waals surface area contributed by atoms with E-state index in [1.54, 1.807) is 0 Å². The molecule has 1 fully saturated rings. The largest absolute Gasteiger partial charge is 0.394 e. The standard InChI is InChI=1S/C22H42O5/c1-2-3-4-5-6-7-8-9-10-11-12-13-14-15-16-26-22-20(25)18-27-21(22)19(24)17-23/h6-7,19-25H,2-5,8-18H2,1H3/b7-6+/t19-,20+,21-,22-/m0/s1. The van der Waals surface area contributed by atoms with E-state index in [-0.39, 0.29) is 13.2 Å². The van der Waals surface area contributed by atoms with Gasteiger partial charge in [-0.3, -0.25) is 0 Å². The van der Waals surface area contributed by atoms with E-state index in [4.69, 9.17) is 14.6 Å². The number of rotatable bonds is 17. The van der Waals surface area contributed by atoms with Gasteiger partial charge >= 0.3 is 0 Å². The third-order valence-corrected chi connectivity index (χ3v) is 5.20. The Balaban J connectivity index is 1.90. The highest BCUT2D eigenvalue weighted by atomic mass is 16.6. The summed E-state index contributed by atoms with van der Waals surface area (Å²) in [6, 6.07) is 0. The Bertz CT molecular complexity index is 361. The predicted octanol–water partition coefficient (Wildman–Crippen LogP) is 3.74. The average Bonchev–Trinajstić information content (AvgIpc) is 3.04. The molecule has 0 aromatic carbocycles. The molecular weight excluding hydrogens is 344 g/mol. The first kappa shape index (κ1) is 24.6. The minimum atomic E-state index is -1.00. The van der Waals surface area contributed by atoms with Crippen LogP contribution in [0.4, 0.5) is 0 Å². The number of unbranched alkanes of at least 4 members (excludes halogenated alkanes) is 10. The molecular formula is C22H42O5. The third-order valence-electron chi connectivity index (χ3n) is 5.20. The van der Waals surface area contributed by atoms with Crippen molar-refractivity contribution in [2.45, 2.75) is 108 Å². The van der Waals surface area contributed by atoms with Crippen LogP contribution in [0.5, 0.6) is 0 Å². The quantitative estimate of drug-likeness (QED) is 0.262. The van der Waals surface area contributed by atoms with Crippen LogP contribution in [-0.4, -0.2) is 59.6 Å². The van der Waals surface area contributed by atoms with Crippen molar-refractivity contribution in [2.75, 3.05) is 19.8 Å². The summed E-state index contributed by atoms with van der Waals surface area (Å²) in [5.74, 6) is 0. The Labute approximate surface area is 165 Å². The zero-order chi connectivity index (χ0) is 19.7. The maximum Gasteiger partial charge on any atom is 0.114 e. The number of ether oxygens (including phenoxy) is 2. The number of allylic oxidation sites excluding steroid dienone is 2. The molecule has 0 saturated carbocycles. The smallest absolute Gasteiger partial charge is 0.114 e. The zero-order valence-electron chi connectivity index (χ0n) is 17.2. The van der Waals surface area contributed by atoms with Crippen LogP contribution in [-0.2, 0) is 9.47 Å². The topological polar surface area (TPSA) is 79.2 Å². The predicted molar refractivity (Wildman–Crippen MR) is 109 cm³/mol. The van der Waals surface area contributed by atoms with Gasteiger partial charge in [-0.15, -0.1) is 0 Å². The normalized spacial score (nSPS) is 24.1. The Morgan fingerprint density at radius 2 is 1.56 bits per heavy atom. The Kier molecular flexibility index (Phi) is 15.0. The summed E-state index contributed by atoms with van der Waals surface area (Å²) in [5, 5.41) is 28.6. The van der Waals surface area contributed by atoms with Crippen LogP contribution in [0, 0.1) is 0 Å². The molecule has 0 bridgehead atoms. The first-order chi connectivity index (χ1) is 13.2. The molecule has 5 heteroatoms. The fourth-order valence-corrected chi connectivity index (χ4v) is 3.47. The van der Waals surface area contributed by atoms with E-state index in [1.807, 2.05) is 0 Å². The highest BCUT2D eigenvalue weighted by Crippen LogP contribution is 2.21. The molecule has 0 unspecified atom stereocenters. The fourth-order valence-electron chi connectivity index (χ4n) is 3.47. The molecule has 0 amide bonds. The summed E-state index contributed by atoms with van der Waals surface area (Å²) >= 11 is 0. The summed E-state index contributed by atoms with van der Waals surface area (Å²) in [6.07, 6.45) is 16.6. The van der Waals surface area contributed by atoms with Crippen molar-refractivity contribution in [3.8, 4) is 0 Å². The summed E-state index contributed by atoms with van der Waals surface area (Å²) in [4.78, 5) is 0. The van der Waals surface area contributed by atoms with Crippen molar-refractivity contribution in [2.24, 2.45) is 0 Å². The van der Waals surface area contributed by atoms with Gasteiger partial charge in [0.15, 0.2) is 0 Å². The number of hydrogen-bond donors (Lipinski definition) is 3. The summed E-state index contributed by atoms with van der Waals surface area (Å²) in [5.41, 5.74) is 0. The SMILES string of the molecule is CCCCC/C=C/CCCCCCCCCO[C@@H]1[C@H]([C@@H](O)CO)OC[C@H]1O. The van der Waals surface area contributed by atoms with E-state index < -0.39 is 24.4 Å². The van der Waals surface area contributed by atoms with Crippen molar-refractivity contribution in [1.82, 2.24) is 0 Å². The number of aliphatic hydroxyl groups excluding tert-OH is 3. The van der Waals surface area contributed by atoms with Crippen molar-refractivity contribution >= 4 is 0 Å². The lowest BCUT2D eigenvalue weighted by Crippen LogP contribution is -2.42. The first-order valence-electron chi connectivity index (χ1n) is 11.1. The minimum Gasteiger partial charge on any atom is -0.394 e. The second-order valence-corrected chi connectivity index (χ2v) is 7.68. The van der Waals surface area contributed by atoms with E-state index in [0.717, 1.165) is 12.8 Å². The molecule has 1 heterocycles. The molecule has 27 heavy (non-hydrogen) atoms. The molecule has 4 atom stereocenters. The van der Waals surface area contributed by atoms with Gasteiger partial charge in [0, 0.05) is 6.61 Å². The molecule has 0 spiro atoms. The van der Waals surface area contributed by atoms with Gasteiger partial charge < -0.3 is 24.8 Å². The monoisotopic (exact) mass is 386 g/mol. The van der Waals surface area contributed by atoms with Gasteiger partial charge in [0.25, 0.3) is 0 Å². The van der Waals surface area contributed by atoms with Crippen molar-refractivity contribution in [1.29, 1.82) is 0 Å². The number of aliphatic hydroxyl groups is 3. The van der Waals surface area contributed by atoms with Gasteiger partial charge in [0.05, 0.1) is 13.2 Å². The Hall–Kier alpha value is -0.460. The van der Waals surface area contributed by atoms with E-state index in [1.165, 1.54) is 64.2 Å². The van der Waals surface area contributed by atoms with Gasteiger partial charge in [-0.25, -0.2) is 0 Å². The zero-order valence-corrected chi connectivity index (χ0v) is 17.2. The average molecular weight is 387 g/mol. The van der Waals surface area contributed by atoms with E-state index in [2.05, 4.69) is 19.1 Å². The first-order valence-corrected chi connectivity index (χ1v) is 11.1. The molecule has 1 rings (SSSR count). The lowest BCUT2D eigenvalue weighted by molar-refractivity contribution is -0.0938. The molecule has 0 radical (unpaired) electrons. The molecule has 3 N–H and O–H groups in total. The van der Waals surface area contributed by atoms with Gasteiger partial charge in [-0.1, -0.05) is 64.0 Å². The van der Waals surface area contributed by atoms with Crippen LogP contribution in [0.3, 0.4) is 0 Å². The van der Waals surface area contributed by atoms with Gasteiger partial charge in [0.2, 0.25) is 0 Å². The second kappa shape index (κ2) is 16.5. The molecule has 5 nitrogen and oxygen atoms in total. The van der Waals surface area contributed by atoms with Crippen LogP contribution in [0.2, 0.25) is 0 Å². The summed E-state index contributed by atoms with van der Waals surface area (Å²) in [7, 11) is 0. The van der Waals surface area contributed by atoms with Crippen LogP contribution in [0.25, 0.3) is 0 Å². The maximum atomic E-state index is 9.87. The fraction of sp³-hybridized carbons (Fsp3) is 0.909. The van der Waals surface area contributed by atoms with Crippen molar-refractivity contribution in [3.05, 3.63) is 12.2 Å². The maximum absolute atomic E-state index is 9.87. The summed E-state index contributed by atoms with van der Waals surface area (Å²) < 4.78 is 11.0. The number of hydrogen-bond acceptors (Lipinski definition) is 5. The van der Waals surface area contributed by atoms with Gasteiger partial charge in [-0.2, -0.15) is 0 Å². The minimum absolute atomic E-state index is 0.153. The van der Waals surface area contributed by atoms with Gasteiger partial charge in [-0.05, 0) is 32.1 Å². The molecule has 1 aliphatic rings. The Morgan fingerprint density at radius 3 is 2.19 bits per heavy atom. The molecule has 160 valence electrons. The highest BCUT2D eigenvalue weighted by molar-refractivity contribution is 4.89. The Morgan fingerprint density at radius 1 is 0.963 bits per heavy atom. The highest BCUT2D eigenvalue weighted by Gasteiger charge is 2.40. The van der Waals surface area contributed by atoms with Crippen LogP contribution < -0.4 is 0 Å². The van der Waals surface area contributed by atoms with E-state index >= 15 is 0 Å².